The van der Waals surface area contributed by atoms with Crippen molar-refractivity contribution >= 4 is 5.91 Å². The maximum atomic E-state index is 13.1. The van der Waals surface area contributed by atoms with Gasteiger partial charge in [0, 0.05) is 18.6 Å². The third-order valence-electron chi connectivity index (χ3n) is 4.26. The summed E-state index contributed by atoms with van der Waals surface area (Å²) in [4.78, 5) is 12.0. The highest BCUT2D eigenvalue weighted by Gasteiger charge is 2.50. The smallest absolute Gasteiger partial charge is 0.224 e. The van der Waals surface area contributed by atoms with Crippen molar-refractivity contribution in [1.82, 2.24) is 5.32 Å². The van der Waals surface area contributed by atoms with Crippen molar-refractivity contribution in [2.75, 3.05) is 6.61 Å². The molecule has 0 aromatic heterocycles. The van der Waals surface area contributed by atoms with E-state index in [1.807, 2.05) is 0 Å². The number of hydrogen-bond donors (Lipinski definition) is 2. The maximum absolute atomic E-state index is 13.1. The number of amides is 1. The quantitative estimate of drug-likeness (QED) is 0.866. The number of hydrogen-bond acceptors (Lipinski definition) is 3. The third-order valence-corrected chi connectivity index (χ3v) is 4.26. The number of ether oxygens (including phenoxy) is 1. The third kappa shape index (κ3) is 2.55. The lowest BCUT2D eigenvalue weighted by molar-refractivity contribution is -0.138. The highest BCUT2D eigenvalue weighted by Crippen LogP contribution is 2.36. The average molecular weight is 278 g/mol. The number of benzene rings is 1. The van der Waals surface area contributed by atoms with E-state index < -0.39 is 0 Å². The Hall–Kier alpha value is -1.46. The van der Waals surface area contributed by atoms with E-state index >= 15 is 0 Å². The van der Waals surface area contributed by atoms with Crippen molar-refractivity contribution in [1.29, 1.82) is 0 Å². The fourth-order valence-electron chi connectivity index (χ4n) is 3.20. The molecule has 0 spiro atoms. The highest BCUT2D eigenvalue weighted by molar-refractivity contribution is 5.79. The van der Waals surface area contributed by atoms with Gasteiger partial charge >= 0.3 is 0 Å². The number of fused-ring (bicyclic) bond motifs is 1. The normalized spacial score (nSPS) is 32.1. The van der Waals surface area contributed by atoms with Crippen LogP contribution in [0.15, 0.2) is 24.3 Å². The molecular formula is C15H19FN2O2. The standard InChI is InChI=1S/C15H19FN2O2/c16-10-4-1-3-9(7-10)8-12(19)18-14-13(17)11-5-2-6-20-15(11)14/h1,3-4,7,11,13-15H,2,5-6,8,17H2,(H,18,19). The van der Waals surface area contributed by atoms with Crippen LogP contribution in [0.1, 0.15) is 18.4 Å². The summed E-state index contributed by atoms with van der Waals surface area (Å²) in [6, 6.07) is 5.94. The van der Waals surface area contributed by atoms with Gasteiger partial charge in [-0.05, 0) is 30.5 Å². The van der Waals surface area contributed by atoms with Crippen LogP contribution in [0.5, 0.6) is 0 Å². The molecule has 4 unspecified atom stereocenters. The van der Waals surface area contributed by atoms with E-state index in [0.717, 1.165) is 19.4 Å². The first kappa shape index (κ1) is 13.5. The van der Waals surface area contributed by atoms with E-state index in [-0.39, 0.29) is 36.3 Å². The van der Waals surface area contributed by atoms with Crippen LogP contribution < -0.4 is 11.1 Å². The van der Waals surface area contributed by atoms with E-state index in [9.17, 15) is 9.18 Å². The van der Waals surface area contributed by atoms with Crippen LogP contribution in [0.2, 0.25) is 0 Å². The number of nitrogens with one attached hydrogen (secondary N) is 1. The highest BCUT2D eigenvalue weighted by atomic mass is 19.1. The predicted molar refractivity (Wildman–Crippen MR) is 72.5 cm³/mol. The van der Waals surface area contributed by atoms with Gasteiger partial charge < -0.3 is 15.8 Å². The Bertz CT molecular complexity index is 508. The van der Waals surface area contributed by atoms with Crippen molar-refractivity contribution in [2.24, 2.45) is 11.7 Å². The topological polar surface area (TPSA) is 64.3 Å². The van der Waals surface area contributed by atoms with Gasteiger partial charge in [0.05, 0.1) is 18.6 Å². The van der Waals surface area contributed by atoms with Crippen molar-refractivity contribution in [3.8, 4) is 0 Å². The molecule has 4 atom stereocenters. The summed E-state index contributed by atoms with van der Waals surface area (Å²) in [5, 5.41) is 2.92. The SMILES string of the molecule is NC1C2CCCOC2C1NC(=O)Cc1cccc(F)c1. The fraction of sp³-hybridized carbons (Fsp3) is 0.533. The van der Waals surface area contributed by atoms with Crippen molar-refractivity contribution in [3.05, 3.63) is 35.6 Å². The molecule has 1 saturated heterocycles. The average Bonchev–Trinajstić information content (AvgIpc) is 2.44. The summed E-state index contributed by atoms with van der Waals surface area (Å²) < 4.78 is 18.7. The van der Waals surface area contributed by atoms with E-state index in [1.165, 1.54) is 12.1 Å². The Morgan fingerprint density at radius 2 is 2.35 bits per heavy atom. The number of nitrogens with two attached hydrogens (primary N) is 1. The lowest BCUT2D eigenvalue weighted by Gasteiger charge is -2.52. The van der Waals surface area contributed by atoms with Gasteiger partial charge in [-0.25, -0.2) is 4.39 Å². The molecule has 20 heavy (non-hydrogen) atoms. The second-order valence-corrected chi connectivity index (χ2v) is 5.62. The molecule has 2 fully saturated rings. The molecule has 108 valence electrons. The molecule has 1 saturated carbocycles. The summed E-state index contributed by atoms with van der Waals surface area (Å²) in [6.45, 7) is 0.740. The van der Waals surface area contributed by atoms with Crippen LogP contribution in [-0.2, 0) is 16.0 Å². The second kappa shape index (κ2) is 5.50. The molecule has 1 aliphatic carbocycles. The van der Waals surface area contributed by atoms with Gasteiger partial charge in [-0.1, -0.05) is 12.1 Å². The van der Waals surface area contributed by atoms with Gasteiger partial charge in [-0.2, -0.15) is 0 Å². The molecule has 1 amide bonds. The molecule has 1 aromatic carbocycles. The Kier molecular flexibility index (Phi) is 3.72. The van der Waals surface area contributed by atoms with Crippen LogP contribution in [0.25, 0.3) is 0 Å². The fourth-order valence-corrected chi connectivity index (χ4v) is 3.20. The van der Waals surface area contributed by atoms with Crippen LogP contribution in [0.3, 0.4) is 0 Å². The number of rotatable bonds is 3. The predicted octanol–water partition coefficient (Wildman–Crippen LogP) is 0.989. The first-order valence-corrected chi connectivity index (χ1v) is 7.06. The van der Waals surface area contributed by atoms with Crippen molar-refractivity contribution in [2.45, 2.75) is 37.5 Å². The first-order chi connectivity index (χ1) is 9.65. The minimum atomic E-state index is -0.327. The Morgan fingerprint density at radius 1 is 1.50 bits per heavy atom. The first-order valence-electron chi connectivity index (χ1n) is 7.06. The van der Waals surface area contributed by atoms with Gasteiger partial charge in [0.25, 0.3) is 0 Å². The zero-order chi connectivity index (χ0) is 14.1. The largest absolute Gasteiger partial charge is 0.376 e. The van der Waals surface area contributed by atoms with E-state index in [2.05, 4.69) is 5.32 Å². The van der Waals surface area contributed by atoms with E-state index in [0.29, 0.717) is 11.5 Å². The molecule has 5 heteroatoms. The van der Waals surface area contributed by atoms with Gasteiger partial charge in [0.15, 0.2) is 0 Å². The Morgan fingerprint density at radius 3 is 3.15 bits per heavy atom. The molecule has 1 heterocycles. The van der Waals surface area contributed by atoms with Crippen LogP contribution >= 0.6 is 0 Å². The molecule has 4 nitrogen and oxygen atoms in total. The monoisotopic (exact) mass is 278 g/mol. The summed E-state index contributed by atoms with van der Waals surface area (Å²) in [5.41, 5.74) is 6.75. The number of carbonyl (C=O) groups excluding carboxylic acids is 1. The van der Waals surface area contributed by atoms with Gasteiger partial charge in [-0.15, -0.1) is 0 Å². The minimum absolute atomic E-state index is 0.0308. The van der Waals surface area contributed by atoms with Gasteiger partial charge in [0.2, 0.25) is 5.91 Å². The molecular weight excluding hydrogens is 259 g/mol. The molecule has 0 bridgehead atoms. The molecule has 1 aromatic rings. The molecule has 3 rings (SSSR count). The summed E-state index contributed by atoms with van der Waals surface area (Å²) in [7, 11) is 0. The lowest BCUT2D eigenvalue weighted by atomic mass is 9.68. The minimum Gasteiger partial charge on any atom is -0.376 e. The summed E-state index contributed by atoms with van der Waals surface area (Å²) in [6.07, 6.45) is 2.33. The van der Waals surface area contributed by atoms with Crippen molar-refractivity contribution in [3.63, 3.8) is 0 Å². The second-order valence-electron chi connectivity index (χ2n) is 5.62. The Labute approximate surface area is 117 Å². The number of carbonyl (C=O) groups is 1. The van der Waals surface area contributed by atoms with Gasteiger partial charge in [-0.3, -0.25) is 4.79 Å². The van der Waals surface area contributed by atoms with Crippen LogP contribution in [-0.4, -0.2) is 30.7 Å². The van der Waals surface area contributed by atoms with E-state index in [1.54, 1.807) is 12.1 Å². The van der Waals surface area contributed by atoms with Gasteiger partial charge in [0.1, 0.15) is 5.82 Å². The van der Waals surface area contributed by atoms with Crippen molar-refractivity contribution < 1.29 is 13.9 Å². The lowest BCUT2D eigenvalue weighted by Crippen LogP contribution is -2.72. The number of halogens is 1. The van der Waals surface area contributed by atoms with Crippen LogP contribution in [0.4, 0.5) is 4.39 Å². The molecule has 2 aliphatic rings. The maximum Gasteiger partial charge on any atom is 0.224 e. The molecule has 0 radical (unpaired) electrons. The molecule has 1 aliphatic heterocycles. The van der Waals surface area contributed by atoms with E-state index in [4.69, 9.17) is 10.5 Å². The zero-order valence-corrected chi connectivity index (χ0v) is 11.2. The summed E-state index contributed by atoms with van der Waals surface area (Å²) in [5.74, 6) is -0.0989. The zero-order valence-electron chi connectivity index (χ0n) is 11.2. The Balaban J connectivity index is 1.57. The molecule has 3 N–H and O–H groups in total. The van der Waals surface area contributed by atoms with Crippen LogP contribution in [0, 0.1) is 11.7 Å². The summed E-state index contributed by atoms with van der Waals surface area (Å²) >= 11 is 0.